The zero-order chi connectivity index (χ0) is 20.5. The lowest BCUT2D eigenvalue weighted by Gasteiger charge is -2.27. The van der Waals surface area contributed by atoms with E-state index in [1.54, 1.807) is 6.92 Å². The Morgan fingerprint density at radius 2 is 2.00 bits per heavy atom. The highest BCUT2D eigenvalue weighted by atomic mass is 19.4. The molecule has 6 nitrogen and oxygen atoms in total. The van der Waals surface area contributed by atoms with Gasteiger partial charge in [-0.05, 0) is 31.9 Å². The quantitative estimate of drug-likeness (QED) is 0.775. The van der Waals surface area contributed by atoms with Crippen LogP contribution in [-0.4, -0.2) is 27.0 Å². The van der Waals surface area contributed by atoms with Crippen LogP contribution in [0.3, 0.4) is 0 Å². The lowest BCUT2D eigenvalue weighted by Crippen LogP contribution is -2.37. The molecule has 0 bridgehead atoms. The van der Waals surface area contributed by atoms with E-state index in [0.717, 1.165) is 12.3 Å². The summed E-state index contributed by atoms with van der Waals surface area (Å²) < 4.78 is 69.7. The molecule has 11 heteroatoms. The van der Waals surface area contributed by atoms with Gasteiger partial charge in [0.05, 0.1) is 0 Å². The van der Waals surface area contributed by atoms with Crippen LogP contribution in [0.4, 0.5) is 22.0 Å². The Balaban J connectivity index is 1.66. The number of halogens is 5. The van der Waals surface area contributed by atoms with Crippen molar-refractivity contribution in [3.63, 3.8) is 0 Å². The maximum Gasteiger partial charge on any atom is 0.433 e. The summed E-state index contributed by atoms with van der Waals surface area (Å²) in [7, 11) is 0. The van der Waals surface area contributed by atoms with Gasteiger partial charge in [0.25, 0.3) is 0 Å². The molecule has 3 rings (SSSR count). The van der Waals surface area contributed by atoms with E-state index in [2.05, 4.69) is 20.4 Å². The van der Waals surface area contributed by atoms with Gasteiger partial charge in [0.15, 0.2) is 0 Å². The lowest BCUT2D eigenvalue weighted by atomic mass is 9.86. The Kier molecular flexibility index (Phi) is 5.35. The van der Waals surface area contributed by atoms with Crippen molar-refractivity contribution in [2.24, 2.45) is 5.92 Å². The molecule has 2 heterocycles. The third-order valence-electron chi connectivity index (χ3n) is 4.57. The summed E-state index contributed by atoms with van der Waals surface area (Å²) in [6, 6.07) is 1.37. The van der Waals surface area contributed by atoms with E-state index in [-0.39, 0.29) is 43.0 Å². The van der Waals surface area contributed by atoms with Crippen molar-refractivity contribution in [1.29, 1.82) is 0 Å². The van der Waals surface area contributed by atoms with E-state index in [4.69, 9.17) is 4.52 Å². The number of hydrogen-bond acceptors (Lipinski definition) is 5. The minimum Gasteiger partial charge on any atom is -0.344 e. The van der Waals surface area contributed by atoms with Gasteiger partial charge >= 0.3 is 6.18 Å². The maximum absolute atomic E-state index is 13.2. The molecule has 28 heavy (non-hydrogen) atoms. The number of hydrogen-bond donors (Lipinski definition) is 1. The minimum atomic E-state index is -4.61. The Hall–Kier alpha value is -2.59. The molecular weight excluding hydrogens is 387 g/mol. The number of pyridine rings is 1. The molecule has 1 amide bonds. The van der Waals surface area contributed by atoms with Gasteiger partial charge in [-0.2, -0.15) is 18.2 Å². The summed E-state index contributed by atoms with van der Waals surface area (Å²) in [6.07, 6.45) is -4.14. The second kappa shape index (κ2) is 7.44. The van der Waals surface area contributed by atoms with Crippen LogP contribution >= 0.6 is 0 Å². The summed E-state index contributed by atoms with van der Waals surface area (Å²) in [5.74, 6) is -3.75. The van der Waals surface area contributed by atoms with Crippen LogP contribution in [0, 0.1) is 5.92 Å². The van der Waals surface area contributed by atoms with Crippen LogP contribution < -0.4 is 5.32 Å². The van der Waals surface area contributed by atoms with Crippen LogP contribution in [0.5, 0.6) is 0 Å². The number of carbonyl (C=O) groups is 1. The predicted octanol–water partition coefficient (Wildman–Crippen LogP) is 4.15. The molecule has 152 valence electrons. The first-order valence-corrected chi connectivity index (χ1v) is 8.60. The van der Waals surface area contributed by atoms with Crippen molar-refractivity contribution in [2.75, 3.05) is 0 Å². The highest BCUT2D eigenvalue weighted by Gasteiger charge is 2.38. The van der Waals surface area contributed by atoms with Crippen LogP contribution in [0.2, 0.25) is 0 Å². The molecule has 1 saturated carbocycles. The van der Waals surface area contributed by atoms with E-state index >= 15 is 0 Å². The molecule has 1 atom stereocenters. The van der Waals surface area contributed by atoms with E-state index in [1.807, 2.05) is 0 Å². The number of nitrogens with zero attached hydrogens (tertiary/aromatic N) is 3. The van der Waals surface area contributed by atoms with Gasteiger partial charge in [-0.25, -0.2) is 8.78 Å². The molecule has 1 N–H and O–H groups in total. The molecule has 0 radical (unpaired) electrons. The zero-order valence-corrected chi connectivity index (χ0v) is 14.8. The third kappa shape index (κ3) is 4.63. The molecule has 1 aliphatic rings. The highest BCUT2D eigenvalue weighted by Crippen LogP contribution is 2.36. The first kappa shape index (κ1) is 20.2. The number of amides is 1. The van der Waals surface area contributed by atoms with Gasteiger partial charge in [0.1, 0.15) is 11.7 Å². The van der Waals surface area contributed by atoms with Crippen molar-refractivity contribution in [1.82, 2.24) is 20.4 Å². The largest absolute Gasteiger partial charge is 0.433 e. The molecule has 0 unspecified atom stereocenters. The normalized spacial score (nSPS) is 18.6. The summed E-state index contributed by atoms with van der Waals surface area (Å²) in [5.41, 5.74) is -1.03. The molecule has 0 spiro atoms. The molecular formula is C17H17F5N4O2. The van der Waals surface area contributed by atoms with Crippen molar-refractivity contribution in [3.8, 4) is 11.4 Å². The first-order valence-electron chi connectivity index (χ1n) is 8.60. The Morgan fingerprint density at radius 1 is 1.32 bits per heavy atom. The van der Waals surface area contributed by atoms with Gasteiger partial charge in [-0.15, -0.1) is 0 Å². The van der Waals surface area contributed by atoms with Crippen molar-refractivity contribution in [2.45, 2.75) is 50.7 Å². The third-order valence-corrected chi connectivity index (χ3v) is 4.57. The van der Waals surface area contributed by atoms with Crippen LogP contribution in [-0.2, 0) is 11.0 Å². The molecule has 0 aromatic carbocycles. The second-order valence-electron chi connectivity index (χ2n) is 6.74. The van der Waals surface area contributed by atoms with E-state index in [0.29, 0.717) is 0 Å². The number of rotatable bonds is 4. The monoisotopic (exact) mass is 404 g/mol. The van der Waals surface area contributed by atoms with Crippen molar-refractivity contribution >= 4 is 5.91 Å². The van der Waals surface area contributed by atoms with Gasteiger partial charge < -0.3 is 9.84 Å². The fraction of sp³-hybridized carbons (Fsp3) is 0.529. The highest BCUT2D eigenvalue weighted by molar-refractivity contribution is 5.79. The summed E-state index contributed by atoms with van der Waals surface area (Å²) in [5, 5.41) is 6.26. The van der Waals surface area contributed by atoms with Gasteiger partial charge in [0, 0.05) is 30.5 Å². The SMILES string of the molecule is C[C@H](NC(=O)C1CCC(F)(F)CC1)c1nc(-c2ccnc(C(F)(F)F)c2)no1. The standard InChI is InChI=1S/C17H17F5N4O2/c1-9(24-14(27)10-2-5-16(18,19)6-3-10)15-25-13(26-28-15)11-4-7-23-12(8-11)17(20,21)22/h4,7-10H,2-3,5-6H2,1H3,(H,24,27)/t9-/m0/s1. The average Bonchev–Trinajstić information content (AvgIpc) is 3.11. The Bertz CT molecular complexity index is 842. The molecule has 1 fully saturated rings. The predicted molar refractivity (Wildman–Crippen MR) is 86.0 cm³/mol. The second-order valence-corrected chi connectivity index (χ2v) is 6.74. The maximum atomic E-state index is 13.2. The molecule has 0 saturated heterocycles. The molecule has 0 aliphatic heterocycles. The topological polar surface area (TPSA) is 80.9 Å². The fourth-order valence-corrected chi connectivity index (χ4v) is 2.95. The number of aromatic nitrogens is 3. The molecule has 2 aromatic heterocycles. The number of nitrogens with one attached hydrogen (secondary N) is 1. The summed E-state index contributed by atoms with van der Waals surface area (Å²) in [6.45, 7) is 1.56. The number of alkyl halides is 5. The first-order chi connectivity index (χ1) is 13.0. The average molecular weight is 404 g/mol. The summed E-state index contributed by atoms with van der Waals surface area (Å²) >= 11 is 0. The summed E-state index contributed by atoms with van der Waals surface area (Å²) in [4.78, 5) is 19.5. The fourth-order valence-electron chi connectivity index (χ4n) is 2.95. The van der Waals surface area contributed by atoms with Gasteiger partial charge in [0.2, 0.25) is 23.5 Å². The van der Waals surface area contributed by atoms with Crippen molar-refractivity contribution < 1.29 is 31.3 Å². The zero-order valence-electron chi connectivity index (χ0n) is 14.8. The lowest BCUT2D eigenvalue weighted by molar-refractivity contribution is -0.141. The Labute approximate surface area is 156 Å². The van der Waals surface area contributed by atoms with E-state index in [9.17, 15) is 26.7 Å². The molecule has 2 aromatic rings. The smallest absolute Gasteiger partial charge is 0.344 e. The molecule has 1 aliphatic carbocycles. The van der Waals surface area contributed by atoms with E-state index in [1.165, 1.54) is 6.07 Å². The van der Waals surface area contributed by atoms with Crippen LogP contribution in [0.15, 0.2) is 22.9 Å². The van der Waals surface area contributed by atoms with Crippen molar-refractivity contribution in [3.05, 3.63) is 29.9 Å². The Morgan fingerprint density at radius 3 is 2.64 bits per heavy atom. The van der Waals surface area contributed by atoms with E-state index < -0.39 is 35.7 Å². The van der Waals surface area contributed by atoms with Gasteiger partial charge in [-0.3, -0.25) is 9.78 Å². The van der Waals surface area contributed by atoms with Crippen LogP contribution in [0.1, 0.15) is 50.2 Å². The van der Waals surface area contributed by atoms with Gasteiger partial charge in [-0.1, -0.05) is 5.16 Å². The van der Waals surface area contributed by atoms with Crippen LogP contribution in [0.25, 0.3) is 11.4 Å². The minimum absolute atomic E-state index is 0.00476. The number of carbonyl (C=O) groups excluding carboxylic acids is 1.